The van der Waals surface area contributed by atoms with Crippen molar-refractivity contribution >= 4 is 28.7 Å². The van der Waals surface area contributed by atoms with Crippen LogP contribution in [-0.4, -0.2) is 0 Å². The summed E-state index contributed by atoms with van der Waals surface area (Å²) in [7, 11) is 0. The van der Waals surface area contributed by atoms with Crippen LogP contribution in [0, 0.1) is 19.7 Å². The van der Waals surface area contributed by atoms with Gasteiger partial charge in [0, 0.05) is 17.1 Å². The third kappa shape index (κ3) is 6.82. The molecule has 210 valence electrons. The zero-order valence-corrected chi connectivity index (χ0v) is 24.5. The molecule has 0 bridgehead atoms. The molecule has 43 heavy (non-hydrogen) atoms. The SMILES string of the molecule is Cc1ccc(N(c2ccc(C)cc2)c2ccc(C=C(c3ccccc3)c3ccc(Cc4ccc(F)cc4)cc3)cc2)cc1. The molecule has 0 unspecified atom stereocenters. The van der Waals surface area contributed by atoms with Crippen LogP contribution in [0.3, 0.4) is 0 Å². The highest BCUT2D eigenvalue weighted by Gasteiger charge is 2.13. The largest absolute Gasteiger partial charge is 0.311 e. The molecule has 6 rings (SSSR count). The van der Waals surface area contributed by atoms with E-state index in [1.807, 2.05) is 18.2 Å². The molecule has 0 aliphatic heterocycles. The first-order chi connectivity index (χ1) is 21.0. The lowest BCUT2D eigenvalue weighted by Crippen LogP contribution is -2.09. The molecule has 0 N–H and O–H groups in total. The molecule has 1 nitrogen and oxygen atoms in total. The van der Waals surface area contributed by atoms with E-state index in [2.05, 4.69) is 146 Å². The Morgan fingerprint density at radius 2 is 0.953 bits per heavy atom. The molecule has 6 aromatic carbocycles. The molecule has 0 aromatic heterocycles. The van der Waals surface area contributed by atoms with Crippen molar-refractivity contribution in [3.63, 3.8) is 0 Å². The lowest BCUT2D eigenvalue weighted by molar-refractivity contribution is 0.627. The summed E-state index contributed by atoms with van der Waals surface area (Å²) in [5, 5.41) is 0. The maximum absolute atomic E-state index is 13.3. The third-order valence-electron chi connectivity index (χ3n) is 7.72. The summed E-state index contributed by atoms with van der Waals surface area (Å²) in [5.41, 5.74) is 12.7. The van der Waals surface area contributed by atoms with Crippen LogP contribution in [-0.2, 0) is 6.42 Å². The number of hydrogen-bond acceptors (Lipinski definition) is 1. The summed E-state index contributed by atoms with van der Waals surface area (Å²) < 4.78 is 13.3. The lowest BCUT2D eigenvalue weighted by atomic mass is 9.94. The summed E-state index contributed by atoms with van der Waals surface area (Å²) in [6.45, 7) is 4.23. The van der Waals surface area contributed by atoms with Crippen molar-refractivity contribution in [3.8, 4) is 0 Å². The highest BCUT2D eigenvalue weighted by atomic mass is 19.1. The van der Waals surface area contributed by atoms with Crippen molar-refractivity contribution in [2.45, 2.75) is 20.3 Å². The van der Waals surface area contributed by atoms with E-state index in [-0.39, 0.29) is 5.82 Å². The van der Waals surface area contributed by atoms with Crippen molar-refractivity contribution < 1.29 is 4.39 Å². The number of anilines is 3. The van der Waals surface area contributed by atoms with Crippen LogP contribution < -0.4 is 4.90 Å². The number of benzene rings is 6. The van der Waals surface area contributed by atoms with Gasteiger partial charge in [0.05, 0.1) is 0 Å². The van der Waals surface area contributed by atoms with Gasteiger partial charge >= 0.3 is 0 Å². The molecule has 0 spiro atoms. The van der Waals surface area contributed by atoms with E-state index in [1.54, 1.807) is 0 Å². The van der Waals surface area contributed by atoms with Gasteiger partial charge in [-0.05, 0) is 108 Å². The topological polar surface area (TPSA) is 3.24 Å². The summed E-state index contributed by atoms with van der Waals surface area (Å²) in [4.78, 5) is 2.30. The minimum absolute atomic E-state index is 0.206. The molecule has 6 aromatic rings. The first-order valence-electron chi connectivity index (χ1n) is 14.7. The Morgan fingerprint density at radius 1 is 0.512 bits per heavy atom. The molecule has 2 heteroatoms. The Kier molecular flexibility index (Phi) is 8.28. The van der Waals surface area contributed by atoms with Crippen molar-refractivity contribution in [2.24, 2.45) is 0 Å². The number of hydrogen-bond donors (Lipinski definition) is 0. The summed E-state index contributed by atoms with van der Waals surface area (Å²) >= 11 is 0. The van der Waals surface area contributed by atoms with Crippen LogP contribution in [0.1, 0.15) is 38.9 Å². The Hall–Kier alpha value is -5.21. The minimum atomic E-state index is -0.206. The molecule has 0 aliphatic carbocycles. The number of nitrogens with zero attached hydrogens (tertiary/aromatic N) is 1. The van der Waals surface area contributed by atoms with Gasteiger partial charge in [-0.1, -0.05) is 114 Å². The zero-order valence-electron chi connectivity index (χ0n) is 24.5. The summed E-state index contributed by atoms with van der Waals surface area (Å²) in [5.74, 6) is -0.206. The van der Waals surface area contributed by atoms with Gasteiger partial charge in [-0.15, -0.1) is 0 Å². The van der Waals surface area contributed by atoms with Gasteiger partial charge in [0.25, 0.3) is 0 Å². The van der Waals surface area contributed by atoms with Gasteiger partial charge in [-0.2, -0.15) is 0 Å². The normalized spacial score (nSPS) is 11.4. The van der Waals surface area contributed by atoms with E-state index in [0.717, 1.165) is 45.7 Å². The van der Waals surface area contributed by atoms with Gasteiger partial charge in [0.15, 0.2) is 0 Å². The zero-order chi connectivity index (χ0) is 29.6. The van der Waals surface area contributed by atoms with Crippen molar-refractivity contribution in [1.29, 1.82) is 0 Å². The molecule has 0 amide bonds. The highest BCUT2D eigenvalue weighted by Crippen LogP contribution is 2.35. The van der Waals surface area contributed by atoms with E-state index in [1.165, 1.54) is 34.4 Å². The standard InChI is InChI=1S/C41H34FN/c1-30-8-22-38(23-9-30)43(39-24-10-31(2)11-25-39)40-26-16-34(17-27-40)29-41(35-6-4-3-5-7-35)36-18-12-32(13-19-36)28-33-14-20-37(42)21-15-33/h3-27,29H,28H2,1-2H3. The first-order valence-corrected chi connectivity index (χ1v) is 14.7. The smallest absolute Gasteiger partial charge is 0.123 e. The monoisotopic (exact) mass is 559 g/mol. The van der Waals surface area contributed by atoms with Crippen molar-refractivity contribution in [3.05, 3.63) is 196 Å². The van der Waals surface area contributed by atoms with Crippen LogP contribution in [0.15, 0.2) is 152 Å². The van der Waals surface area contributed by atoms with E-state index >= 15 is 0 Å². The van der Waals surface area contributed by atoms with E-state index in [4.69, 9.17) is 0 Å². The fourth-order valence-electron chi connectivity index (χ4n) is 5.31. The second kappa shape index (κ2) is 12.8. The van der Waals surface area contributed by atoms with Gasteiger partial charge in [0.1, 0.15) is 5.82 Å². The van der Waals surface area contributed by atoms with Gasteiger partial charge in [0.2, 0.25) is 0 Å². The average Bonchev–Trinajstić information content (AvgIpc) is 3.04. The van der Waals surface area contributed by atoms with Gasteiger partial charge in [-0.3, -0.25) is 0 Å². The number of aryl methyl sites for hydroxylation is 2. The van der Waals surface area contributed by atoms with Crippen LogP contribution in [0.2, 0.25) is 0 Å². The maximum Gasteiger partial charge on any atom is 0.123 e. The fourth-order valence-corrected chi connectivity index (χ4v) is 5.31. The third-order valence-corrected chi connectivity index (χ3v) is 7.72. The molecule has 0 atom stereocenters. The molecule has 0 fully saturated rings. The highest BCUT2D eigenvalue weighted by molar-refractivity contribution is 5.91. The lowest BCUT2D eigenvalue weighted by Gasteiger charge is -2.26. The Morgan fingerprint density at radius 3 is 1.47 bits per heavy atom. The molecule has 0 saturated heterocycles. The fraction of sp³-hybridized carbons (Fsp3) is 0.0732. The van der Waals surface area contributed by atoms with Crippen LogP contribution >= 0.6 is 0 Å². The first kappa shape index (κ1) is 27.9. The molecular formula is C41H34FN. The second-order valence-corrected chi connectivity index (χ2v) is 11.0. The quantitative estimate of drug-likeness (QED) is 0.168. The van der Waals surface area contributed by atoms with E-state index < -0.39 is 0 Å². The van der Waals surface area contributed by atoms with Crippen LogP contribution in [0.4, 0.5) is 21.5 Å². The van der Waals surface area contributed by atoms with Crippen molar-refractivity contribution in [2.75, 3.05) is 4.90 Å². The minimum Gasteiger partial charge on any atom is -0.311 e. The molecule has 0 heterocycles. The Labute approximate surface area is 254 Å². The number of halogens is 1. The predicted octanol–water partition coefficient (Wildman–Crippen LogP) is 11.1. The van der Waals surface area contributed by atoms with E-state index in [9.17, 15) is 4.39 Å². The second-order valence-electron chi connectivity index (χ2n) is 11.0. The van der Waals surface area contributed by atoms with E-state index in [0.29, 0.717) is 0 Å². The maximum atomic E-state index is 13.3. The van der Waals surface area contributed by atoms with Crippen LogP contribution in [0.5, 0.6) is 0 Å². The van der Waals surface area contributed by atoms with Gasteiger partial charge in [-0.25, -0.2) is 4.39 Å². The number of rotatable bonds is 8. The predicted molar refractivity (Wildman–Crippen MR) is 180 cm³/mol. The van der Waals surface area contributed by atoms with Crippen LogP contribution in [0.25, 0.3) is 11.6 Å². The molecular weight excluding hydrogens is 525 g/mol. The summed E-state index contributed by atoms with van der Waals surface area (Å²) in [6.07, 6.45) is 3.03. The molecule has 0 radical (unpaired) electrons. The average molecular weight is 560 g/mol. The molecule has 0 saturated carbocycles. The Balaban J connectivity index is 1.32. The molecule has 0 aliphatic rings. The van der Waals surface area contributed by atoms with Crippen molar-refractivity contribution in [1.82, 2.24) is 0 Å². The Bertz CT molecular complexity index is 1750. The van der Waals surface area contributed by atoms with Gasteiger partial charge < -0.3 is 4.90 Å². The summed E-state index contributed by atoms with van der Waals surface area (Å²) in [6, 6.07) is 52.1.